The number of fused-ring (bicyclic) bond motifs is 8. The van der Waals surface area contributed by atoms with E-state index in [1.54, 1.807) is 61.5 Å². The maximum atomic E-state index is 13.4. The number of ether oxygens (including phenoxy) is 2. The van der Waals surface area contributed by atoms with Crippen LogP contribution in [-0.4, -0.2) is 103 Å². The Bertz CT molecular complexity index is 2740. The minimum Gasteiger partial charge on any atom is -0.482 e. The molecule has 0 atom stereocenters. The van der Waals surface area contributed by atoms with Crippen molar-refractivity contribution in [2.24, 2.45) is 14.1 Å². The summed E-state index contributed by atoms with van der Waals surface area (Å²) in [4.78, 5) is 55.5. The topological polar surface area (TPSA) is 152 Å². The third-order valence-corrected chi connectivity index (χ3v) is 12.7. The van der Waals surface area contributed by atoms with Crippen molar-refractivity contribution in [3.8, 4) is 34.0 Å². The second kappa shape index (κ2) is 15.7. The third-order valence-electron chi connectivity index (χ3n) is 12.7. The van der Waals surface area contributed by atoms with Gasteiger partial charge in [0, 0.05) is 102 Å². The van der Waals surface area contributed by atoms with E-state index in [0.29, 0.717) is 63.0 Å². The molecule has 6 aromatic rings. The van der Waals surface area contributed by atoms with Crippen LogP contribution in [0.2, 0.25) is 0 Å². The Kier molecular flexibility index (Phi) is 10.2. The Morgan fingerprint density at radius 3 is 1.35 bits per heavy atom. The second-order valence-electron chi connectivity index (χ2n) is 16.4. The van der Waals surface area contributed by atoms with E-state index in [1.165, 1.54) is 11.0 Å². The van der Waals surface area contributed by atoms with Crippen molar-refractivity contribution < 1.29 is 33.8 Å². The molecule has 0 aliphatic carbocycles. The van der Waals surface area contributed by atoms with E-state index >= 15 is 0 Å². The molecular weight excluding hydrogens is 787 g/mol. The molecule has 316 valence electrons. The summed E-state index contributed by atoms with van der Waals surface area (Å²) in [5.41, 5.74) is 6.39. The summed E-state index contributed by atoms with van der Waals surface area (Å²) < 4.78 is 16.9. The van der Waals surface area contributed by atoms with Crippen molar-refractivity contribution in [1.29, 1.82) is 0 Å². The number of carboxylic acid groups (broad SMARTS) is 1. The zero-order valence-corrected chi connectivity index (χ0v) is 35.1. The minimum atomic E-state index is -1.10. The van der Waals surface area contributed by atoms with Crippen LogP contribution < -0.4 is 9.47 Å². The van der Waals surface area contributed by atoms with Gasteiger partial charge in [0.15, 0.2) is 0 Å². The zero-order chi connectivity index (χ0) is 43.3. The zero-order valence-electron chi connectivity index (χ0n) is 35.1. The van der Waals surface area contributed by atoms with Gasteiger partial charge in [-0.25, -0.2) is 4.79 Å². The fourth-order valence-electron chi connectivity index (χ4n) is 9.39. The first-order valence-corrected chi connectivity index (χ1v) is 20.7. The fraction of sp³-hybridized carbons (Fsp3) is 0.292. The van der Waals surface area contributed by atoms with E-state index in [0.717, 1.165) is 45.1 Å². The number of rotatable bonds is 4. The first-order chi connectivity index (χ1) is 29.9. The highest BCUT2D eigenvalue weighted by Gasteiger charge is 2.47. The lowest BCUT2D eigenvalue weighted by Crippen LogP contribution is -2.49. The number of hydrogen-bond donors (Lipinski definition) is 1. The van der Waals surface area contributed by atoms with Crippen molar-refractivity contribution in [3.05, 3.63) is 143 Å². The van der Waals surface area contributed by atoms with Crippen LogP contribution >= 0.6 is 0 Å². The van der Waals surface area contributed by atoms with Crippen LogP contribution in [0.5, 0.6) is 11.5 Å². The van der Waals surface area contributed by atoms with Crippen molar-refractivity contribution in [3.63, 3.8) is 0 Å². The van der Waals surface area contributed by atoms with Crippen LogP contribution in [0.25, 0.3) is 22.5 Å². The molecule has 0 saturated carbocycles. The van der Waals surface area contributed by atoms with Gasteiger partial charge in [-0.15, -0.1) is 0 Å². The minimum absolute atomic E-state index is 0.0279. The number of nitrogens with zero attached hydrogens (tertiary/aromatic N) is 7. The molecular formula is C48H47N7O7. The highest BCUT2D eigenvalue weighted by molar-refractivity contribution is 6.07. The standard InChI is InChI=1S/C25H26N4O3.C23H21N3O4/c1-27(2)23(30)17-8-4-5-9-18(17)24(31)29-14-12-25(13-15-29)20-16-26-28(3)22(20)19-10-6-7-11-21(19)32-25;1-25-20-17-8-4-5-9-19(17)30-23(18(20)14-24-25)10-12-26(13-11-23)21(27)15-6-2-3-7-16(15)22(28)29/h4-11,16H,12-15H2,1-3H3;2-9,14H,10-13H2,1H3,(H,28,29). The Hall–Kier alpha value is -7.22. The fourth-order valence-corrected chi connectivity index (χ4v) is 9.39. The number of aromatic carboxylic acids is 1. The molecule has 2 spiro atoms. The maximum Gasteiger partial charge on any atom is 0.336 e. The monoisotopic (exact) mass is 833 g/mol. The molecule has 14 nitrogen and oxygen atoms in total. The van der Waals surface area contributed by atoms with E-state index in [-0.39, 0.29) is 28.8 Å². The highest BCUT2D eigenvalue weighted by atomic mass is 16.5. The normalized spacial score (nSPS) is 16.3. The van der Waals surface area contributed by atoms with Crippen molar-refractivity contribution in [2.75, 3.05) is 40.3 Å². The van der Waals surface area contributed by atoms with E-state index < -0.39 is 17.2 Å². The molecule has 0 bridgehead atoms. The first kappa shape index (κ1) is 40.2. The molecule has 4 aromatic carbocycles. The molecule has 0 unspecified atom stereocenters. The van der Waals surface area contributed by atoms with E-state index in [1.807, 2.05) is 83.2 Å². The Balaban J connectivity index is 0.000000158. The summed E-state index contributed by atoms with van der Waals surface area (Å²) >= 11 is 0. The highest BCUT2D eigenvalue weighted by Crippen LogP contribution is 2.51. The largest absolute Gasteiger partial charge is 0.482 e. The van der Waals surface area contributed by atoms with E-state index in [9.17, 15) is 24.3 Å². The predicted octanol–water partition coefficient (Wildman–Crippen LogP) is 6.62. The third kappa shape index (κ3) is 6.75. The van der Waals surface area contributed by atoms with Gasteiger partial charge in [-0.1, -0.05) is 48.5 Å². The number of piperidine rings is 2. The van der Waals surface area contributed by atoms with Crippen molar-refractivity contribution in [1.82, 2.24) is 34.3 Å². The molecule has 10 rings (SSSR count). The average molecular weight is 834 g/mol. The van der Waals surface area contributed by atoms with Gasteiger partial charge in [0.25, 0.3) is 17.7 Å². The lowest BCUT2D eigenvalue weighted by molar-refractivity contribution is -0.00230. The SMILES string of the molecule is CN(C)C(=O)c1ccccc1C(=O)N1CCC2(CC1)Oc1ccccc1-c1c2cnn1C.Cn1ncc2c1-c1ccccc1OC21CCN(C(=O)c2ccccc2C(=O)O)CC1. The van der Waals surface area contributed by atoms with Crippen molar-refractivity contribution in [2.45, 2.75) is 36.9 Å². The summed E-state index contributed by atoms with van der Waals surface area (Å²) in [6.45, 7) is 2.03. The number of carbonyl (C=O) groups excluding carboxylic acids is 3. The second-order valence-corrected chi connectivity index (χ2v) is 16.4. The number of benzene rings is 4. The van der Waals surface area contributed by atoms with Crippen LogP contribution in [0.4, 0.5) is 0 Å². The Morgan fingerprint density at radius 2 is 0.935 bits per heavy atom. The van der Waals surface area contributed by atoms with Crippen LogP contribution in [0, 0.1) is 0 Å². The summed E-state index contributed by atoms with van der Waals surface area (Å²) in [6.07, 6.45) is 6.31. The van der Waals surface area contributed by atoms with Gasteiger partial charge in [0.05, 0.1) is 46.0 Å². The molecule has 2 fully saturated rings. The van der Waals surface area contributed by atoms with Gasteiger partial charge in [-0.2, -0.15) is 10.2 Å². The maximum absolute atomic E-state index is 13.4. The number of para-hydroxylation sites is 2. The van der Waals surface area contributed by atoms with Gasteiger partial charge in [0.2, 0.25) is 0 Å². The number of carboxylic acids is 1. The number of hydrogen-bond acceptors (Lipinski definition) is 8. The smallest absolute Gasteiger partial charge is 0.336 e. The molecule has 4 aliphatic rings. The van der Waals surface area contributed by atoms with Gasteiger partial charge < -0.3 is 29.3 Å². The predicted molar refractivity (Wildman–Crippen MR) is 230 cm³/mol. The van der Waals surface area contributed by atoms with Crippen molar-refractivity contribution >= 4 is 23.7 Å². The summed E-state index contributed by atoms with van der Waals surface area (Å²) in [5.74, 6) is 0.0305. The number of aryl methyl sites for hydroxylation is 2. The average Bonchev–Trinajstić information content (AvgIpc) is 3.90. The number of amides is 3. The quantitative estimate of drug-likeness (QED) is 0.207. The van der Waals surface area contributed by atoms with E-state index in [4.69, 9.17) is 9.47 Å². The molecule has 1 N–H and O–H groups in total. The van der Waals surface area contributed by atoms with Gasteiger partial charge >= 0.3 is 5.97 Å². The lowest BCUT2D eigenvalue weighted by atomic mass is 9.81. The molecule has 14 heteroatoms. The molecule has 0 radical (unpaired) electrons. The molecule has 2 saturated heterocycles. The van der Waals surface area contributed by atoms with Gasteiger partial charge in [-0.3, -0.25) is 23.7 Å². The number of likely N-dealkylation sites (tertiary alicyclic amines) is 2. The van der Waals surface area contributed by atoms with Crippen LogP contribution in [-0.2, 0) is 25.3 Å². The first-order valence-electron chi connectivity index (χ1n) is 20.7. The van der Waals surface area contributed by atoms with Gasteiger partial charge in [-0.05, 0) is 48.5 Å². The summed E-state index contributed by atoms with van der Waals surface area (Å²) in [7, 11) is 7.26. The lowest BCUT2D eigenvalue weighted by Gasteiger charge is -2.44. The summed E-state index contributed by atoms with van der Waals surface area (Å²) in [6, 6.07) is 29.4. The Labute approximate surface area is 358 Å². The molecule has 62 heavy (non-hydrogen) atoms. The molecule has 3 amide bonds. The van der Waals surface area contributed by atoms with Crippen LogP contribution in [0.1, 0.15) is 78.2 Å². The summed E-state index contributed by atoms with van der Waals surface area (Å²) in [5, 5.41) is 18.4. The number of aromatic nitrogens is 4. The molecule has 4 aliphatic heterocycles. The van der Waals surface area contributed by atoms with Gasteiger partial charge in [0.1, 0.15) is 22.7 Å². The van der Waals surface area contributed by atoms with Crippen LogP contribution in [0.3, 0.4) is 0 Å². The van der Waals surface area contributed by atoms with Crippen LogP contribution in [0.15, 0.2) is 109 Å². The van der Waals surface area contributed by atoms with E-state index in [2.05, 4.69) is 16.3 Å². The molecule has 2 aromatic heterocycles. The Morgan fingerprint density at radius 1 is 0.565 bits per heavy atom. The number of carbonyl (C=O) groups is 4. The molecule has 6 heterocycles.